The van der Waals surface area contributed by atoms with Crippen LogP contribution in [0, 0.1) is 0 Å². The van der Waals surface area contributed by atoms with Crippen LogP contribution < -0.4 is 5.32 Å². The van der Waals surface area contributed by atoms with Crippen LogP contribution in [0.15, 0.2) is 72.8 Å². The van der Waals surface area contributed by atoms with Crippen molar-refractivity contribution in [3.05, 3.63) is 78.4 Å². The Morgan fingerprint density at radius 2 is 1.62 bits per heavy atom. The van der Waals surface area contributed by atoms with Gasteiger partial charge in [0.15, 0.2) is 0 Å². The van der Waals surface area contributed by atoms with Crippen molar-refractivity contribution in [3.63, 3.8) is 0 Å². The first-order valence-corrected chi connectivity index (χ1v) is 8.25. The molecule has 0 spiro atoms. The molecule has 0 amide bonds. The first-order chi connectivity index (χ1) is 11.7. The SMILES string of the molecule is O=C(O)C(CCCc1ccccc1)Nc1cccc2ccccc12. The van der Waals surface area contributed by atoms with Crippen molar-refractivity contribution < 1.29 is 9.90 Å². The van der Waals surface area contributed by atoms with Gasteiger partial charge in [0.05, 0.1) is 0 Å². The van der Waals surface area contributed by atoms with Crippen molar-refractivity contribution in [3.8, 4) is 0 Å². The first-order valence-electron chi connectivity index (χ1n) is 8.25. The highest BCUT2D eigenvalue weighted by atomic mass is 16.4. The van der Waals surface area contributed by atoms with Gasteiger partial charge >= 0.3 is 5.97 Å². The van der Waals surface area contributed by atoms with Gasteiger partial charge in [-0.05, 0) is 36.3 Å². The fourth-order valence-corrected chi connectivity index (χ4v) is 2.95. The summed E-state index contributed by atoms with van der Waals surface area (Å²) in [6.07, 6.45) is 2.31. The third-order valence-electron chi connectivity index (χ3n) is 4.22. The molecule has 3 rings (SSSR count). The molecule has 122 valence electrons. The second-order valence-corrected chi connectivity index (χ2v) is 5.94. The Morgan fingerprint density at radius 3 is 2.42 bits per heavy atom. The van der Waals surface area contributed by atoms with Gasteiger partial charge in [0.25, 0.3) is 0 Å². The Balaban J connectivity index is 1.68. The van der Waals surface area contributed by atoms with Gasteiger partial charge in [-0.3, -0.25) is 0 Å². The van der Waals surface area contributed by atoms with E-state index in [9.17, 15) is 9.90 Å². The lowest BCUT2D eigenvalue weighted by atomic mass is 10.0. The molecule has 0 aromatic heterocycles. The fraction of sp³-hybridized carbons (Fsp3) is 0.190. The average Bonchev–Trinajstić information content (AvgIpc) is 2.62. The van der Waals surface area contributed by atoms with Crippen molar-refractivity contribution in [2.24, 2.45) is 0 Å². The van der Waals surface area contributed by atoms with E-state index in [0.717, 1.165) is 29.3 Å². The molecule has 0 saturated carbocycles. The number of rotatable bonds is 7. The molecule has 0 saturated heterocycles. The van der Waals surface area contributed by atoms with Gasteiger partial charge in [0.2, 0.25) is 0 Å². The summed E-state index contributed by atoms with van der Waals surface area (Å²) in [4.78, 5) is 11.6. The van der Waals surface area contributed by atoms with E-state index in [-0.39, 0.29) is 0 Å². The van der Waals surface area contributed by atoms with Crippen molar-refractivity contribution in [2.75, 3.05) is 5.32 Å². The number of hydrogen-bond donors (Lipinski definition) is 2. The Bertz CT molecular complexity index is 809. The van der Waals surface area contributed by atoms with Crippen LogP contribution in [0.3, 0.4) is 0 Å². The van der Waals surface area contributed by atoms with E-state index in [1.54, 1.807) is 0 Å². The highest BCUT2D eigenvalue weighted by Crippen LogP contribution is 2.24. The molecular formula is C21H21NO2. The summed E-state index contributed by atoms with van der Waals surface area (Å²) in [7, 11) is 0. The van der Waals surface area contributed by atoms with E-state index in [2.05, 4.69) is 17.4 Å². The van der Waals surface area contributed by atoms with Crippen LogP contribution in [0.2, 0.25) is 0 Å². The summed E-state index contributed by atoms with van der Waals surface area (Å²) in [5.74, 6) is -0.809. The maximum absolute atomic E-state index is 11.6. The minimum Gasteiger partial charge on any atom is -0.480 e. The number of benzene rings is 3. The minimum absolute atomic E-state index is 0.584. The summed E-state index contributed by atoms with van der Waals surface area (Å²) in [5, 5.41) is 14.9. The lowest BCUT2D eigenvalue weighted by molar-refractivity contribution is -0.138. The number of anilines is 1. The molecule has 0 aliphatic heterocycles. The van der Waals surface area contributed by atoms with Crippen LogP contribution >= 0.6 is 0 Å². The topological polar surface area (TPSA) is 49.3 Å². The van der Waals surface area contributed by atoms with Gasteiger partial charge in [-0.1, -0.05) is 66.7 Å². The Labute approximate surface area is 142 Å². The van der Waals surface area contributed by atoms with E-state index < -0.39 is 12.0 Å². The summed E-state index contributed by atoms with van der Waals surface area (Å²) < 4.78 is 0. The smallest absolute Gasteiger partial charge is 0.326 e. The maximum atomic E-state index is 11.6. The third kappa shape index (κ3) is 3.93. The number of carboxylic acids is 1. The predicted octanol–water partition coefficient (Wildman–Crippen LogP) is 4.73. The highest BCUT2D eigenvalue weighted by Gasteiger charge is 2.17. The first kappa shape index (κ1) is 16.1. The number of aryl methyl sites for hydroxylation is 1. The van der Waals surface area contributed by atoms with E-state index in [4.69, 9.17) is 0 Å². The lowest BCUT2D eigenvalue weighted by Crippen LogP contribution is -2.29. The fourth-order valence-electron chi connectivity index (χ4n) is 2.95. The Hall–Kier alpha value is -2.81. The Kier molecular flexibility index (Phi) is 5.12. The highest BCUT2D eigenvalue weighted by molar-refractivity contribution is 5.95. The maximum Gasteiger partial charge on any atom is 0.326 e. The molecule has 1 atom stereocenters. The van der Waals surface area contributed by atoms with Crippen LogP contribution in [-0.4, -0.2) is 17.1 Å². The quantitative estimate of drug-likeness (QED) is 0.662. The standard InChI is InChI=1S/C21H21NO2/c23-21(24)20(15-6-10-16-8-2-1-3-9-16)22-19-14-7-12-17-11-4-5-13-18(17)19/h1-5,7-9,11-14,20,22H,6,10,15H2,(H,23,24). The number of hydrogen-bond acceptors (Lipinski definition) is 2. The second kappa shape index (κ2) is 7.64. The number of fused-ring (bicyclic) bond motifs is 1. The number of carboxylic acid groups (broad SMARTS) is 1. The molecule has 0 aliphatic rings. The zero-order valence-corrected chi connectivity index (χ0v) is 13.5. The summed E-state index contributed by atoms with van der Waals surface area (Å²) in [6, 6.07) is 23.5. The Morgan fingerprint density at radius 1 is 0.917 bits per heavy atom. The van der Waals surface area contributed by atoms with Gasteiger partial charge in [-0.25, -0.2) is 4.79 Å². The van der Waals surface area contributed by atoms with E-state index in [1.807, 2.05) is 60.7 Å². The van der Waals surface area contributed by atoms with Crippen molar-refractivity contribution in [1.29, 1.82) is 0 Å². The third-order valence-corrected chi connectivity index (χ3v) is 4.22. The van der Waals surface area contributed by atoms with Crippen LogP contribution in [0.25, 0.3) is 10.8 Å². The van der Waals surface area contributed by atoms with Gasteiger partial charge in [0, 0.05) is 11.1 Å². The van der Waals surface area contributed by atoms with E-state index in [1.165, 1.54) is 5.56 Å². The molecule has 0 fully saturated rings. The summed E-state index contributed by atoms with van der Waals surface area (Å²) in [5.41, 5.74) is 2.12. The minimum atomic E-state index is -0.809. The second-order valence-electron chi connectivity index (χ2n) is 5.94. The van der Waals surface area contributed by atoms with Crippen LogP contribution in [0.4, 0.5) is 5.69 Å². The number of aliphatic carboxylic acids is 1. The largest absolute Gasteiger partial charge is 0.480 e. The molecule has 3 aromatic carbocycles. The predicted molar refractivity (Wildman–Crippen MR) is 98.4 cm³/mol. The molecule has 3 heteroatoms. The molecule has 2 N–H and O–H groups in total. The van der Waals surface area contributed by atoms with Gasteiger partial charge in [-0.2, -0.15) is 0 Å². The molecule has 0 bridgehead atoms. The van der Waals surface area contributed by atoms with Gasteiger partial charge in [-0.15, -0.1) is 0 Å². The van der Waals surface area contributed by atoms with Crippen LogP contribution in [-0.2, 0) is 11.2 Å². The number of carbonyl (C=O) groups is 1. The normalized spacial score (nSPS) is 12.0. The molecule has 24 heavy (non-hydrogen) atoms. The lowest BCUT2D eigenvalue weighted by Gasteiger charge is -2.17. The van der Waals surface area contributed by atoms with Crippen LogP contribution in [0.5, 0.6) is 0 Å². The van der Waals surface area contributed by atoms with Crippen LogP contribution in [0.1, 0.15) is 18.4 Å². The molecule has 3 nitrogen and oxygen atoms in total. The van der Waals surface area contributed by atoms with Gasteiger partial charge in [0.1, 0.15) is 6.04 Å². The molecular weight excluding hydrogens is 298 g/mol. The summed E-state index contributed by atoms with van der Waals surface area (Å²) in [6.45, 7) is 0. The monoisotopic (exact) mass is 319 g/mol. The van der Waals surface area contributed by atoms with Crippen molar-refractivity contribution in [2.45, 2.75) is 25.3 Å². The molecule has 0 aliphatic carbocycles. The van der Waals surface area contributed by atoms with Crippen molar-refractivity contribution in [1.82, 2.24) is 0 Å². The molecule has 0 heterocycles. The molecule has 3 aromatic rings. The zero-order chi connectivity index (χ0) is 16.8. The molecule has 1 unspecified atom stereocenters. The number of nitrogens with one attached hydrogen (secondary N) is 1. The average molecular weight is 319 g/mol. The van der Waals surface area contributed by atoms with Crippen molar-refractivity contribution >= 4 is 22.4 Å². The summed E-state index contributed by atoms with van der Waals surface area (Å²) >= 11 is 0. The zero-order valence-electron chi connectivity index (χ0n) is 13.5. The van der Waals surface area contributed by atoms with E-state index >= 15 is 0 Å². The molecule has 0 radical (unpaired) electrons. The van der Waals surface area contributed by atoms with E-state index in [0.29, 0.717) is 6.42 Å². The van der Waals surface area contributed by atoms with Gasteiger partial charge < -0.3 is 10.4 Å².